The number of hydrogen-bond donors (Lipinski definition) is 2. The molecule has 156 valence electrons. The van der Waals surface area contributed by atoms with E-state index in [0.29, 0.717) is 24.6 Å². The summed E-state index contributed by atoms with van der Waals surface area (Å²) in [6.45, 7) is 4.52. The number of nitrogens with one attached hydrogen (secondary N) is 2. The number of rotatable bonds is 9. The maximum Gasteiger partial charge on any atom is 0.251 e. The van der Waals surface area contributed by atoms with Crippen LogP contribution in [0.2, 0.25) is 0 Å². The molecule has 3 heterocycles. The predicted octanol–water partition coefficient (Wildman–Crippen LogP) is 3.22. The summed E-state index contributed by atoms with van der Waals surface area (Å²) in [6.07, 6.45) is 6.67. The fraction of sp³-hybridized carbons (Fsp3) is 0.348. The van der Waals surface area contributed by atoms with Gasteiger partial charge < -0.3 is 20.0 Å². The van der Waals surface area contributed by atoms with Gasteiger partial charge in [0.2, 0.25) is 5.95 Å². The summed E-state index contributed by atoms with van der Waals surface area (Å²) in [6, 6.07) is 13.2. The molecule has 30 heavy (non-hydrogen) atoms. The Morgan fingerprint density at radius 1 is 1.10 bits per heavy atom. The first kappa shape index (κ1) is 20.1. The van der Waals surface area contributed by atoms with Gasteiger partial charge >= 0.3 is 0 Å². The number of benzene rings is 1. The van der Waals surface area contributed by atoms with E-state index in [4.69, 9.17) is 4.42 Å². The van der Waals surface area contributed by atoms with Crippen LogP contribution in [0, 0.1) is 0 Å². The largest absolute Gasteiger partial charge is 0.469 e. The molecular weight excluding hydrogens is 378 g/mol. The molecule has 1 saturated heterocycles. The fourth-order valence-electron chi connectivity index (χ4n) is 3.61. The van der Waals surface area contributed by atoms with Crippen molar-refractivity contribution in [2.75, 3.05) is 38.0 Å². The van der Waals surface area contributed by atoms with Crippen LogP contribution in [0.25, 0.3) is 11.3 Å². The van der Waals surface area contributed by atoms with Crippen LogP contribution in [0.4, 0.5) is 5.95 Å². The van der Waals surface area contributed by atoms with Gasteiger partial charge in [-0.05, 0) is 56.3 Å². The molecule has 7 heteroatoms. The third-order valence-electron chi connectivity index (χ3n) is 5.22. The number of likely N-dealkylation sites (tertiary alicyclic amines) is 1. The zero-order valence-corrected chi connectivity index (χ0v) is 17.0. The van der Waals surface area contributed by atoms with Crippen LogP contribution in [0.5, 0.6) is 0 Å². The van der Waals surface area contributed by atoms with E-state index in [1.54, 1.807) is 12.5 Å². The number of anilines is 1. The van der Waals surface area contributed by atoms with Gasteiger partial charge in [0.15, 0.2) is 0 Å². The first-order valence-electron chi connectivity index (χ1n) is 10.5. The monoisotopic (exact) mass is 405 g/mol. The van der Waals surface area contributed by atoms with E-state index in [0.717, 1.165) is 43.1 Å². The van der Waals surface area contributed by atoms with Crippen LogP contribution in [0.15, 0.2) is 59.3 Å². The van der Waals surface area contributed by atoms with Gasteiger partial charge in [-0.15, -0.1) is 0 Å². The molecule has 2 aromatic heterocycles. The molecule has 1 aliphatic rings. The Hall–Kier alpha value is -3.19. The highest BCUT2D eigenvalue weighted by molar-refractivity contribution is 5.95. The minimum absolute atomic E-state index is 0.0538. The molecule has 0 aliphatic carbocycles. The average molecular weight is 406 g/mol. The zero-order chi connectivity index (χ0) is 20.6. The van der Waals surface area contributed by atoms with Crippen LogP contribution in [-0.4, -0.2) is 53.5 Å². The van der Waals surface area contributed by atoms with E-state index in [-0.39, 0.29) is 5.91 Å². The minimum Gasteiger partial charge on any atom is -0.469 e. The number of carbonyl (C=O) groups is 1. The molecule has 0 atom stereocenters. The molecule has 1 aromatic carbocycles. The predicted molar refractivity (Wildman–Crippen MR) is 116 cm³/mol. The molecule has 0 spiro atoms. The summed E-state index contributed by atoms with van der Waals surface area (Å²) in [7, 11) is 0. The Morgan fingerprint density at radius 3 is 2.83 bits per heavy atom. The summed E-state index contributed by atoms with van der Waals surface area (Å²) in [5.41, 5.74) is 2.30. The first-order chi connectivity index (χ1) is 14.8. The van der Waals surface area contributed by atoms with E-state index >= 15 is 0 Å². The molecule has 7 nitrogen and oxygen atoms in total. The van der Waals surface area contributed by atoms with Gasteiger partial charge in [-0.3, -0.25) is 4.79 Å². The minimum atomic E-state index is -0.0538. The fourth-order valence-corrected chi connectivity index (χ4v) is 3.61. The van der Waals surface area contributed by atoms with Crippen LogP contribution in [-0.2, 0) is 6.42 Å². The van der Waals surface area contributed by atoms with Crippen molar-refractivity contribution in [1.29, 1.82) is 0 Å². The second-order valence-electron chi connectivity index (χ2n) is 7.41. The molecule has 0 radical (unpaired) electrons. The first-order valence-corrected chi connectivity index (χ1v) is 10.5. The number of aromatic nitrogens is 2. The summed E-state index contributed by atoms with van der Waals surface area (Å²) in [5, 5.41) is 6.24. The highest BCUT2D eigenvalue weighted by Crippen LogP contribution is 2.19. The molecule has 3 aromatic rings. The number of furan rings is 1. The summed E-state index contributed by atoms with van der Waals surface area (Å²) in [4.78, 5) is 23.8. The Labute approximate surface area is 176 Å². The van der Waals surface area contributed by atoms with E-state index in [1.807, 2.05) is 42.5 Å². The standard InChI is InChI=1S/C23H27N5O2/c29-22(24-12-15-28-13-1-2-14-28)19-6-3-5-18(17-19)21-9-11-26-23(27-21)25-10-8-20-7-4-16-30-20/h3-7,9,11,16-17H,1-2,8,10,12-15H2,(H,24,29)(H,25,26,27). The van der Waals surface area contributed by atoms with Crippen LogP contribution in [0.1, 0.15) is 29.0 Å². The third-order valence-corrected chi connectivity index (χ3v) is 5.22. The van der Waals surface area contributed by atoms with Crippen LogP contribution in [0.3, 0.4) is 0 Å². The SMILES string of the molecule is O=C(NCCN1CCCC1)c1cccc(-c2ccnc(NCCc3ccco3)n2)c1. The number of hydrogen-bond acceptors (Lipinski definition) is 6. The van der Waals surface area contributed by atoms with Crippen molar-refractivity contribution >= 4 is 11.9 Å². The lowest BCUT2D eigenvalue weighted by atomic mass is 10.1. The second-order valence-corrected chi connectivity index (χ2v) is 7.41. The van der Waals surface area contributed by atoms with Crippen molar-refractivity contribution in [3.05, 3.63) is 66.2 Å². The summed E-state index contributed by atoms with van der Waals surface area (Å²) in [5.74, 6) is 1.42. The number of amides is 1. The van der Waals surface area contributed by atoms with E-state index in [1.165, 1.54) is 12.8 Å². The van der Waals surface area contributed by atoms with Gasteiger partial charge in [-0.1, -0.05) is 12.1 Å². The van der Waals surface area contributed by atoms with Crippen molar-refractivity contribution in [1.82, 2.24) is 20.2 Å². The Morgan fingerprint density at radius 2 is 2.00 bits per heavy atom. The average Bonchev–Trinajstić information content (AvgIpc) is 3.48. The molecule has 0 unspecified atom stereocenters. The molecule has 1 aliphatic heterocycles. The quantitative estimate of drug-likeness (QED) is 0.569. The van der Waals surface area contributed by atoms with Crippen LogP contribution < -0.4 is 10.6 Å². The van der Waals surface area contributed by atoms with Crippen molar-refractivity contribution < 1.29 is 9.21 Å². The summed E-state index contributed by atoms with van der Waals surface area (Å²) < 4.78 is 5.34. The van der Waals surface area contributed by atoms with Gasteiger partial charge in [-0.25, -0.2) is 9.97 Å². The maximum absolute atomic E-state index is 12.5. The van der Waals surface area contributed by atoms with Crippen molar-refractivity contribution in [3.63, 3.8) is 0 Å². The second kappa shape index (κ2) is 10.0. The van der Waals surface area contributed by atoms with Crippen molar-refractivity contribution in [2.24, 2.45) is 0 Å². The van der Waals surface area contributed by atoms with Gasteiger partial charge in [0, 0.05) is 43.4 Å². The highest BCUT2D eigenvalue weighted by Gasteiger charge is 2.12. The highest BCUT2D eigenvalue weighted by atomic mass is 16.3. The number of nitrogens with zero attached hydrogens (tertiary/aromatic N) is 3. The summed E-state index contributed by atoms with van der Waals surface area (Å²) >= 11 is 0. The Kier molecular flexibility index (Phi) is 6.72. The number of carbonyl (C=O) groups excluding carboxylic acids is 1. The molecular formula is C23H27N5O2. The van der Waals surface area contributed by atoms with Gasteiger partial charge in [0.25, 0.3) is 5.91 Å². The normalized spacial score (nSPS) is 14.0. The molecule has 0 saturated carbocycles. The van der Waals surface area contributed by atoms with Crippen molar-refractivity contribution in [2.45, 2.75) is 19.3 Å². The van der Waals surface area contributed by atoms with E-state index in [2.05, 4.69) is 25.5 Å². The molecule has 0 bridgehead atoms. The lowest BCUT2D eigenvalue weighted by Gasteiger charge is -2.14. The van der Waals surface area contributed by atoms with Crippen molar-refractivity contribution in [3.8, 4) is 11.3 Å². The molecule has 4 rings (SSSR count). The topological polar surface area (TPSA) is 83.3 Å². The lowest BCUT2D eigenvalue weighted by Crippen LogP contribution is -2.33. The van der Waals surface area contributed by atoms with Gasteiger partial charge in [0.1, 0.15) is 5.76 Å². The van der Waals surface area contributed by atoms with Gasteiger partial charge in [0.05, 0.1) is 12.0 Å². The van der Waals surface area contributed by atoms with E-state index < -0.39 is 0 Å². The Balaban J connectivity index is 1.34. The molecule has 1 fully saturated rings. The lowest BCUT2D eigenvalue weighted by molar-refractivity contribution is 0.0950. The Bertz CT molecular complexity index is 952. The maximum atomic E-state index is 12.5. The van der Waals surface area contributed by atoms with Gasteiger partial charge in [-0.2, -0.15) is 0 Å². The third kappa shape index (κ3) is 5.45. The molecule has 2 N–H and O–H groups in total. The van der Waals surface area contributed by atoms with E-state index in [9.17, 15) is 4.79 Å². The zero-order valence-electron chi connectivity index (χ0n) is 17.0. The smallest absolute Gasteiger partial charge is 0.251 e. The molecule has 1 amide bonds. The van der Waals surface area contributed by atoms with Crippen LogP contribution >= 0.6 is 0 Å².